The minimum atomic E-state index is -3.47. The predicted octanol–water partition coefficient (Wildman–Crippen LogP) is 1.85. The highest BCUT2D eigenvalue weighted by Gasteiger charge is 2.33. The Kier molecular flexibility index (Phi) is 6.48. The highest BCUT2D eigenvalue weighted by Crippen LogP contribution is 2.25. The number of benzene rings is 1. The fourth-order valence-electron chi connectivity index (χ4n) is 2.69. The number of hydrogen-bond donors (Lipinski definition) is 1. The molecule has 0 bridgehead atoms. The van der Waals surface area contributed by atoms with Crippen LogP contribution in [-0.2, 0) is 9.84 Å². The average Bonchev–Trinajstić information content (AvgIpc) is 2.55. The molecule has 0 spiro atoms. The van der Waals surface area contributed by atoms with Crippen molar-refractivity contribution in [2.24, 2.45) is 0 Å². The van der Waals surface area contributed by atoms with Gasteiger partial charge >= 0.3 is 6.03 Å². The van der Waals surface area contributed by atoms with Crippen molar-refractivity contribution in [3.05, 3.63) is 29.3 Å². The summed E-state index contributed by atoms with van der Waals surface area (Å²) < 4.78 is 25.5. The quantitative estimate of drug-likeness (QED) is 0.855. The first-order valence-electron chi connectivity index (χ1n) is 7.97. The number of urea groups is 1. The number of rotatable bonds is 5. The molecule has 2 amide bonds. The van der Waals surface area contributed by atoms with E-state index < -0.39 is 15.1 Å². The zero-order chi connectivity index (χ0) is 17.7. The minimum absolute atomic E-state index is 0.201. The van der Waals surface area contributed by atoms with E-state index in [4.69, 9.17) is 11.6 Å². The molecular formula is C16H24ClN3O3S. The van der Waals surface area contributed by atoms with Crippen molar-refractivity contribution in [3.8, 4) is 0 Å². The van der Waals surface area contributed by atoms with Crippen LogP contribution in [0.15, 0.2) is 29.2 Å². The zero-order valence-corrected chi connectivity index (χ0v) is 15.6. The maximum atomic E-state index is 12.8. The lowest BCUT2D eigenvalue weighted by atomic mass is 10.1. The van der Waals surface area contributed by atoms with E-state index >= 15 is 0 Å². The molecule has 8 heteroatoms. The predicted molar refractivity (Wildman–Crippen MR) is 95.2 cm³/mol. The van der Waals surface area contributed by atoms with Crippen molar-refractivity contribution >= 4 is 27.5 Å². The van der Waals surface area contributed by atoms with Gasteiger partial charge in [0.1, 0.15) is 0 Å². The number of sulfone groups is 1. The first-order chi connectivity index (χ1) is 11.3. The largest absolute Gasteiger partial charge is 0.337 e. The van der Waals surface area contributed by atoms with E-state index in [1.165, 1.54) is 12.1 Å². The number of hydrogen-bond acceptors (Lipinski definition) is 4. The number of likely N-dealkylation sites (tertiary alicyclic amines) is 1. The highest BCUT2D eigenvalue weighted by atomic mass is 35.5. The Bertz CT molecular complexity index is 662. The summed E-state index contributed by atoms with van der Waals surface area (Å²) in [6.45, 7) is 2.09. The Labute approximate surface area is 148 Å². The van der Waals surface area contributed by atoms with Crippen molar-refractivity contribution in [2.75, 3.05) is 40.3 Å². The molecule has 1 aromatic rings. The van der Waals surface area contributed by atoms with E-state index in [2.05, 4.69) is 5.32 Å². The summed E-state index contributed by atoms with van der Waals surface area (Å²) in [6.07, 6.45) is 1.24. The molecule has 0 saturated carbocycles. The lowest BCUT2D eigenvalue weighted by Crippen LogP contribution is -2.49. The number of halogens is 1. The summed E-state index contributed by atoms with van der Waals surface area (Å²) in [7, 11) is 0.397. The molecule has 6 nitrogen and oxygen atoms in total. The van der Waals surface area contributed by atoms with Crippen LogP contribution in [0.4, 0.5) is 4.79 Å². The fourth-order valence-corrected chi connectivity index (χ4v) is 4.57. The molecule has 134 valence electrons. The van der Waals surface area contributed by atoms with E-state index in [0.717, 1.165) is 6.54 Å². The molecule has 1 aliphatic heterocycles. The van der Waals surface area contributed by atoms with Crippen molar-refractivity contribution in [3.63, 3.8) is 0 Å². The minimum Gasteiger partial charge on any atom is -0.337 e. The van der Waals surface area contributed by atoms with Gasteiger partial charge in [0.15, 0.2) is 9.84 Å². The standard InChI is InChI=1S/C16H24ClN3O3S/c1-19(2)11-9-18-16(21)20-10-3-4-15(12-20)24(22,23)14-7-5-13(17)6-8-14/h5-8,15H,3-4,9-12H2,1-2H3,(H,18,21). The number of nitrogens with zero attached hydrogens (tertiary/aromatic N) is 2. The maximum Gasteiger partial charge on any atom is 0.317 e. The SMILES string of the molecule is CN(C)CCNC(=O)N1CCCC(S(=O)(=O)c2ccc(Cl)cc2)C1. The third-order valence-corrected chi connectivity index (χ3v) is 6.53. The normalized spacial score (nSPS) is 18.7. The van der Waals surface area contributed by atoms with Gasteiger partial charge in [-0.15, -0.1) is 0 Å². The van der Waals surface area contributed by atoms with Crippen LogP contribution in [0, 0.1) is 0 Å². The molecule has 1 unspecified atom stereocenters. The van der Waals surface area contributed by atoms with Crippen LogP contribution in [-0.4, -0.2) is 69.8 Å². The second kappa shape index (κ2) is 8.18. The maximum absolute atomic E-state index is 12.8. The molecule has 1 aromatic carbocycles. The third kappa shape index (κ3) is 4.84. The number of likely N-dealkylation sites (N-methyl/N-ethyl adjacent to an activating group) is 1. The fraction of sp³-hybridized carbons (Fsp3) is 0.562. The monoisotopic (exact) mass is 373 g/mol. The van der Waals surface area contributed by atoms with Crippen LogP contribution in [0.5, 0.6) is 0 Å². The average molecular weight is 374 g/mol. The molecule has 1 aliphatic rings. The van der Waals surface area contributed by atoms with Gasteiger partial charge in [0.25, 0.3) is 0 Å². The Balaban J connectivity index is 2.01. The van der Waals surface area contributed by atoms with Gasteiger partial charge in [0.2, 0.25) is 0 Å². The number of amides is 2. The summed E-state index contributed by atoms with van der Waals surface area (Å²) >= 11 is 5.82. The van der Waals surface area contributed by atoms with Gasteiger partial charge in [0.05, 0.1) is 10.1 Å². The van der Waals surface area contributed by atoms with Crippen LogP contribution < -0.4 is 5.32 Å². The molecule has 1 N–H and O–H groups in total. The van der Waals surface area contributed by atoms with Crippen LogP contribution in [0.25, 0.3) is 0 Å². The van der Waals surface area contributed by atoms with Crippen molar-refractivity contribution in [1.82, 2.24) is 15.1 Å². The molecule has 0 radical (unpaired) electrons. The van der Waals surface area contributed by atoms with E-state index in [1.54, 1.807) is 17.0 Å². The summed E-state index contributed by atoms with van der Waals surface area (Å²) in [6, 6.07) is 5.99. The van der Waals surface area contributed by atoms with Gasteiger partial charge in [-0.05, 0) is 51.2 Å². The zero-order valence-electron chi connectivity index (χ0n) is 14.0. The van der Waals surface area contributed by atoms with Gasteiger partial charge < -0.3 is 15.1 Å². The summed E-state index contributed by atoms with van der Waals surface area (Å²) in [5.74, 6) is 0. The first kappa shape index (κ1) is 19.0. The molecule has 24 heavy (non-hydrogen) atoms. The van der Waals surface area contributed by atoms with Crippen molar-refractivity contribution in [1.29, 1.82) is 0 Å². The molecular weight excluding hydrogens is 350 g/mol. The smallest absolute Gasteiger partial charge is 0.317 e. The van der Waals surface area contributed by atoms with Gasteiger partial charge in [-0.1, -0.05) is 11.6 Å². The first-order valence-corrected chi connectivity index (χ1v) is 9.90. The van der Waals surface area contributed by atoms with Crippen LogP contribution in [0.2, 0.25) is 5.02 Å². The number of nitrogens with one attached hydrogen (secondary N) is 1. The Morgan fingerprint density at radius 2 is 2.00 bits per heavy atom. The molecule has 1 fully saturated rings. The van der Waals surface area contributed by atoms with E-state index in [0.29, 0.717) is 31.0 Å². The molecule has 1 heterocycles. The topological polar surface area (TPSA) is 69.7 Å². The highest BCUT2D eigenvalue weighted by molar-refractivity contribution is 7.92. The van der Waals surface area contributed by atoms with Gasteiger partial charge in [-0.3, -0.25) is 0 Å². The lowest BCUT2D eigenvalue weighted by molar-refractivity contribution is 0.186. The number of carbonyl (C=O) groups is 1. The second-order valence-corrected chi connectivity index (χ2v) is 8.91. The van der Waals surface area contributed by atoms with Crippen molar-refractivity contribution < 1.29 is 13.2 Å². The Hall–Kier alpha value is -1.31. The Morgan fingerprint density at radius 3 is 2.62 bits per heavy atom. The van der Waals surface area contributed by atoms with Crippen LogP contribution in [0.1, 0.15) is 12.8 Å². The van der Waals surface area contributed by atoms with Crippen LogP contribution in [0.3, 0.4) is 0 Å². The summed E-state index contributed by atoms with van der Waals surface area (Å²) in [5.41, 5.74) is 0. The van der Waals surface area contributed by atoms with E-state index in [-0.39, 0.29) is 17.5 Å². The van der Waals surface area contributed by atoms with E-state index in [9.17, 15) is 13.2 Å². The van der Waals surface area contributed by atoms with Gasteiger partial charge in [-0.2, -0.15) is 0 Å². The summed E-state index contributed by atoms with van der Waals surface area (Å²) in [4.78, 5) is 16.0. The molecule has 1 atom stereocenters. The lowest BCUT2D eigenvalue weighted by Gasteiger charge is -2.32. The molecule has 0 aromatic heterocycles. The van der Waals surface area contributed by atoms with Crippen molar-refractivity contribution in [2.45, 2.75) is 23.0 Å². The van der Waals surface area contributed by atoms with Gasteiger partial charge in [-0.25, -0.2) is 13.2 Å². The Morgan fingerprint density at radius 1 is 1.33 bits per heavy atom. The second-order valence-electron chi connectivity index (χ2n) is 6.24. The van der Waals surface area contributed by atoms with Crippen LogP contribution >= 0.6 is 11.6 Å². The van der Waals surface area contributed by atoms with E-state index in [1.807, 2.05) is 19.0 Å². The molecule has 0 aliphatic carbocycles. The number of carbonyl (C=O) groups excluding carboxylic acids is 1. The molecule has 2 rings (SSSR count). The molecule has 1 saturated heterocycles. The summed E-state index contributed by atoms with van der Waals surface area (Å²) in [5, 5.41) is 2.76. The third-order valence-electron chi connectivity index (χ3n) is 4.08. The number of piperidine rings is 1. The van der Waals surface area contributed by atoms with Gasteiger partial charge in [0, 0.05) is 31.2 Å².